The summed E-state index contributed by atoms with van der Waals surface area (Å²) in [6, 6.07) is 7.60. The highest BCUT2D eigenvalue weighted by molar-refractivity contribution is 9.10. The Balaban J connectivity index is 2.26. The minimum Gasteiger partial charge on any atom is -0.465 e. The number of carbonyl (C=O) groups excluding carboxylic acids is 1. The van der Waals surface area contributed by atoms with Crippen LogP contribution in [0.1, 0.15) is 6.92 Å². The smallest absolute Gasteiger partial charge is 0.321 e. The van der Waals surface area contributed by atoms with Crippen LogP contribution in [0.2, 0.25) is 0 Å². The molecule has 0 radical (unpaired) electrons. The third-order valence-electron chi connectivity index (χ3n) is 1.61. The molecular weight excluding hydrogens is 260 g/mol. The number of rotatable bonds is 5. The number of ether oxygens (including phenoxy) is 1. The van der Waals surface area contributed by atoms with Crippen LogP contribution in [-0.4, -0.2) is 19.1 Å². The molecule has 1 aromatic carbocycles. The number of hydrazine groups is 1. The van der Waals surface area contributed by atoms with Gasteiger partial charge in [0.05, 0.1) is 6.61 Å². The van der Waals surface area contributed by atoms with Gasteiger partial charge in [-0.25, -0.2) is 5.43 Å². The van der Waals surface area contributed by atoms with E-state index in [2.05, 4.69) is 26.8 Å². The van der Waals surface area contributed by atoms with Crippen LogP contribution < -0.4 is 10.9 Å². The minimum atomic E-state index is -0.276. The topological polar surface area (TPSA) is 50.4 Å². The fourth-order valence-corrected chi connectivity index (χ4v) is 1.23. The summed E-state index contributed by atoms with van der Waals surface area (Å²) >= 11 is 3.34. The second-order valence-electron chi connectivity index (χ2n) is 2.79. The normalized spacial score (nSPS) is 9.73. The third kappa shape index (κ3) is 4.80. The number of hydrogen-bond acceptors (Lipinski definition) is 4. The van der Waals surface area contributed by atoms with Crippen LogP contribution in [0.25, 0.3) is 0 Å². The first kappa shape index (κ1) is 12.0. The number of hydrogen-bond donors (Lipinski definition) is 2. The van der Waals surface area contributed by atoms with Crippen LogP contribution in [0.4, 0.5) is 5.69 Å². The van der Waals surface area contributed by atoms with E-state index in [4.69, 9.17) is 4.74 Å². The molecule has 0 saturated heterocycles. The summed E-state index contributed by atoms with van der Waals surface area (Å²) in [5.41, 5.74) is 6.55. The van der Waals surface area contributed by atoms with E-state index < -0.39 is 0 Å². The highest BCUT2D eigenvalue weighted by Gasteiger charge is 1.99. The van der Waals surface area contributed by atoms with Gasteiger partial charge in [-0.15, -0.1) is 0 Å². The molecule has 0 saturated carbocycles. The van der Waals surface area contributed by atoms with Crippen molar-refractivity contribution in [2.75, 3.05) is 18.6 Å². The molecular formula is C10H13BrN2O2. The summed E-state index contributed by atoms with van der Waals surface area (Å²) in [5.74, 6) is -0.276. The number of nitrogens with one attached hydrogen (secondary N) is 2. The van der Waals surface area contributed by atoms with Crippen molar-refractivity contribution in [1.82, 2.24) is 5.43 Å². The largest absolute Gasteiger partial charge is 0.465 e. The Kier molecular flexibility index (Phi) is 5.14. The lowest BCUT2D eigenvalue weighted by molar-refractivity contribution is -0.141. The van der Waals surface area contributed by atoms with Crippen molar-refractivity contribution in [3.05, 3.63) is 28.7 Å². The van der Waals surface area contributed by atoms with Crippen LogP contribution in [0, 0.1) is 0 Å². The summed E-state index contributed by atoms with van der Waals surface area (Å²) in [6.45, 7) is 2.32. The summed E-state index contributed by atoms with van der Waals surface area (Å²) in [5, 5.41) is 0. The monoisotopic (exact) mass is 272 g/mol. The molecule has 0 fully saturated rings. The van der Waals surface area contributed by atoms with E-state index in [1.807, 2.05) is 24.3 Å². The maximum atomic E-state index is 11.0. The summed E-state index contributed by atoms with van der Waals surface area (Å²) in [4.78, 5) is 11.0. The van der Waals surface area contributed by atoms with E-state index in [0.717, 1.165) is 10.2 Å². The van der Waals surface area contributed by atoms with Gasteiger partial charge in [0, 0.05) is 10.2 Å². The van der Waals surface area contributed by atoms with Crippen molar-refractivity contribution in [1.29, 1.82) is 0 Å². The summed E-state index contributed by atoms with van der Waals surface area (Å²) in [6.07, 6.45) is 0. The number of carbonyl (C=O) groups is 1. The third-order valence-corrected chi connectivity index (χ3v) is 2.14. The van der Waals surface area contributed by atoms with E-state index >= 15 is 0 Å². The number of benzene rings is 1. The van der Waals surface area contributed by atoms with Crippen LogP contribution >= 0.6 is 15.9 Å². The number of anilines is 1. The van der Waals surface area contributed by atoms with Gasteiger partial charge in [0.25, 0.3) is 0 Å². The average Bonchev–Trinajstić information content (AvgIpc) is 2.21. The van der Waals surface area contributed by atoms with E-state index in [1.54, 1.807) is 6.92 Å². The fraction of sp³-hybridized carbons (Fsp3) is 0.300. The lowest BCUT2D eigenvalue weighted by atomic mass is 10.3. The molecule has 15 heavy (non-hydrogen) atoms. The molecule has 1 rings (SSSR count). The predicted molar refractivity (Wildman–Crippen MR) is 62.4 cm³/mol. The molecule has 0 aliphatic carbocycles. The Labute approximate surface area is 97.1 Å². The lowest BCUT2D eigenvalue weighted by Gasteiger charge is -2.07. The molecule has 0 unspecified atom stereocenters. The zero-order valence-electron chi connectivity index (χ0n) is 8.42. The predicted octanol–water partition coefficient (Wildman–Crippen LogP) is 1.93. The molecule has 2 N–H and O–H groups in total. The van der Waals surface area contributed by atoms with Crippen LogP contribution in [0.5, 0.6) is 0 Å². The molecule has 0 aliphatic rings. The standard InChI is InChI=1S/C10H13BrN2O2/c1-2-15-10(14)7-12-13-9-5-3-8(11)4-6-9/h3-6,12-13H,2,7H2,1H3. The Morgan fingerprint density at radius 1 is 1.40 bits per heavy atom. The van der Waals surface area contributed by atoms with Crippen molar-refractivity contribution in [3.63, 3.8) is 0 Å². The molecule has 0 aliphatic heterocycles. The van der Waals surface area contributed by atoms with Crippen molar-refractivity contribution >= 4 is 27.6 Å². The van der Waals surface area contributed by atoms with Crippen LogP contribution in [0.3, 0.4) is 0 Å². The lowest BCUT2D eigenvalue weighted by Crippen LogP contribution is -2.29. The molecule has 82 valence electrons. The van der Waals surface area contributed by atoms with Crippen molar-refractivity contribution < 1.29 is 9.53 Å². The van der Waals surface area contributed by atoms with E-state index in [0.29, 0.717) is 6.61 Å². The van der Waals surface area contributed by atoms with Gasteiger partial charge < -0.3 is 10.2 Å². The van der Waals surface area contributed by atoms with Crippen LogP contribution in [-0.2, 0) is 9.53 Å². The fourth-order valence-electron chi connectivity index (χ4n) is 0.964. The van der Waals surface area contributed by atoms with Gasteiger partial charge in [0.15, 0.2) is 0 Å². The Bertz CT molecular complexity index is 314. The maximum Gasteiger partial charge on any atom is 0.321 e. The molecule has 4 nitrogen and oxygen atoms in total. The van der Waals surface area contributed by atoms with E-state index in [-0.39, 0.29) is 12.5 Å². The van der Waals surface area contributed by atoms with Gasteiger partial charge in [-0.05, 0) is 31.2 Å². The average molecular weight is 273 g/mol. The Morgan fingerprint density at radius 2 is 2.07 bits per heavy atom. The molecule has 0 heterocycles. The van der Waals surface area contributed by atoms with Gasteiger partial charge in [-0.1, -0.05) is 15.9 Å². The number of esters is 1. The molecule has 1 aromatic rings. The molecule has 0 spiro atoms. The second-order valence-corrected chi connectivity index (χ2v) is 3.71. The quantitative estimate of drug-likeness (QED) is 0.635. The van der Waals surface area contributed by atoms with Crippen molar-refractivity contribution in [2.45, 2.75) is 6.92 Å². The molecule has 0 atom stereocenters. The zero-order chi connectivity index (χ0) is 11.1. The minimum absolute atomic E-state index is 0.143. The van der Waals surface area contributed by atoms with Crippen molar-refractivity contribution in [3.8, 4) is 0 Å². The number of halogens is 1. The second kappa shape index (κ2) is 6.42. The van der Waals surface area contributed by atoms with E-state index in [1.165, 1.54) is 0 Å². The molecule has 0 amide bonds. The highest BCUT2D eigenvalue weighted by atomic mass is 79.9. The van der Waals surface area contributed by atoms with Gasteiger partial charge in [0.2, 0.25) is 0 Å². The van der Waals surface area contributed by atoms with Gasteiger partial charge in [0.1, 0.15) is 6.54 Å². The maximum absolute atomic E-state index is 11.0. The molecule has 0 bridgehead atoms. The van der Waals surface area contributed by atoms with Gasteiger partial charge in [-0.3, -0.25) is 4.79 Å². The zero-order valence-corrected chi connectivity index (χ0v) is 10.0. The first-order valence-electron chi connectivity index (χ1n) is 4.62. The Hall–Kier alpha value is -1.07. The van der Waals surface area contributed by atoms with Crippen molar-refractivity contribution in [2.24, 2.45) is 0 Å². The molecule has 0 aromatic heterocycles. The van der Waals surface area contributed by atoms with E-state index in [9.17, 15) is 4.79 Å². The van der Waals surface area contributed by atoms with Gasteiger partial charge >= 0.3 is 5.97 Å². The highest BCUT2D eigenvalue weighted by Crippen LogP contribution is 2.12. The molecule has 5 heteroatoms. The van der Waals surface area contributed by atoms with Crippen LogP contribution in [0.15, 0.2) is 28.7 Å². The SMILES string of the molecule is CCOC(=O)CNNc1ccc(Br)cc1. The Morgan fingerprint density at radius 3 is 2.67 bits per heavy atom. The first-order valence-corrected chi connectivity index (χ1v) is 5.41. The summed E-state index contributed by atoms with van der Waals surface area (Å²) < 4.78 is 5.76. The summed E-state index contributed by atoms with van der Waals surface area (Å²) in [7, 11) is 0. The van der Waals surface area contributed by atoms with Gasteiger partial charge in [-0.2, -0.15) is 0 Å². The first-order chi connectivity index (χ1) is 7.22.